The number of carbonyl (C=O) groups is 2. The number of anilines is 2. The van der Waals surface area contributed by atoms with Crippen LogP contribution in [-0.2, 0) is 16.1 Å². The fourth-order valence-electron chi connectivity index (χ4n) is 3.51. The third kappa shape index (κ3) is 4.58. The highest BCUT2D eigenvalue weighted by Crippen LogP contribution is 2.39. The van der Waals surface area contributed by atoms with Crippen molar-refractivity contribution in [3.8, 4) is 11.1 Å². The van der Waals surface area contributed by atoms with Crippen LogP contribution in [0.5, 0.6) is 0 Å². The summed E-state index contributed by atoms with van der Waals surface area (Å²) in [7, 11) is 0. The Morgan fingerprint density at radius 2 is 1.93 bits per heavy atom. The average Bonchev–Trinajstić information content (AvgIpc) is 3.06. The predicted octanol–water partition coefficient (Wildman–Crippen LogP) is 4.22. The van der Waals surface area contributed by atoms with Crippen molar-refractivity contribution in [1.29, 1.82) is 0 Å². The van der Waals surface area contributed by atoms with Gasteiger partial charge < -0.3 is 9.64 Å². The molecule has 30 heavy (non-hydrogen) atoms. The van der Waals surface area contributed by atoms with Gasteiger partial charge in [-0.15, -0.1) is 0 Å². The standard InChI is InChI=1S/C20H23F3N4O3/c1-12(2)30-19(29)26-9-13(3)27(14(4)28)17-6-5-15(7-18(17)26)16-8-24-25(10-16)11-20(21,22)23/h5-8,10,12-13H,9,11H2,1-4H3/t13-/m0/s1. The van der Waals surface area contributed by atoms with E-state index in [-0.39, 0.29) is 24.6 Å². The summed E-state index contributed by atoms with van der Waals surface area (Å²) in [5.74, 6) is -0.175. The number of aromatic nitrogens is 2. The van der Waals surface area contributed by atoms with Crippen LogP contribution in [0.2, 0.25) is 0 Å². The second-order valence-corrected chi connectivity index (χ2v) is 7.53. The van der Waals surface area contributed by atoms with Gasteiger partial charge in [0.25, 0.3) is 0 Å². The average molecular weight is 424 g/mol. The number of amides is 2. The van der Waals surface area contributed by atoms with Crippen molar-refractivity contribution in [2.24, 2.45) is 0 Å². The van der Waals surface area contributed by atoms with Gasteiger partial charge in [0, 0.05) is 25.2 Å². The molecule has 7 nitrogen and oxygen atoms in total. The Morgan fingerprint density at radius 1 is 1.23 bits per heavy atom. The van der Waals surface area contributed by atoms with Crippen LogP contribution in [0.25, 0.3) is 11.1 Å². The van der Waals surface area contributed by atoms with Crippen LogP contribution in [0.3, 0.4) is 0 Å². The number of halogens is 3. The number of ether oxygens (including phenoxy) is 1. The van der Waals surface area contributed by atoms with Crippen molar-refractivity contribution in [2.75, 3.05) is 16.3 Å². The van der Waals surface area contributed by atoms with E-state index in [0.717, 1.165) is 4.68 Å². The molecule has 0 radical (unpaired) electrons. The minimum Gasteiger partial charge on any atom is -0.446 e. The molecule has 2 heterocycles. The second kappa shape index (κ2) is 8.00. The molecule has 162 valence electrons. The summed E-state index contributed by atoms with van der Waals surface area (Å²) >= 11 is 0. The number of benzene rings is 1. The van der Waals surface area contributed by atoms with Crippen LogP contribution >= 0.6 is 0 Å². The first-order chi connectivity index (χ1) is 14.0. The summed E-state index contributed by atoms with van der Waals surface area (Å²) in [6.45, 7) is 5.78. The predicted molar refractivity (Wildman–Crippen MR) is 105 cm³/mol. The monoisotopic (exact) mass is 424 g/mol. The molecule has 2 aromatic rings. The maximum Gasteiger partial charge on any atom is 0.414 e. The van der Waals surface area contributed by atoms with Crippen LogP contribution in [0.4, 0.5) is 29.3 Å². The van der Waals surface area contributed by atoms with Gasteiger partial charge in [-0.2, -0.15) is 18.3 Å². The topological polar surface area (TPSA) is 67.7 Å². The number of hydrogen-bond donors (Lipinski definition) is 0. The van der Waals surface area contributed by atoms with E-state index in [2.05, 4.69) is 5.10 Å². The number of carbonyl (C=O) groups excluding carboxylic acids is 2. The zero-order valence-corrected chi connectivity index (χ0v) is 17.1. The maximum absolute atomic E-state index is 12.7. The van der Waals surface area contributed by atoms with E-state index < -0.39 is 18.8 Å². The van der Waals surface area contributed by atoms with Gasteiger partial charge in [-0.1, -0.05) is 6.07 Å². The lowest BCUT2D eigenvalue weighted by Gasteiger charge is -2.40. The molecule has 1 atom stereocenters. The summed E-state index contributed by atoms with van der Waals surface area (Å²) in [6, 6.07) is 4.76. The first kappa shape index (κ1) is 21.7. The van der Waals surface area contributed by atoms with Gasteiger partial charge in [0.2, 0.25) is 5.91 Å². The SMILES string of the molecule is CC(=O)N1c2ccc(-c3cnn(CC(F)(F)F)c3)cc2N(C(=O)OC(C)C)C[C@@H]1C. The van der Waals surface area contributed by atoms with E-state index in [1.54, 1.807) is 36.9 Å². The molecule has 1 aromatic heterocycles. The Kier molecular flexibility index (Phi) is 5.78. The third-order valence-electron chi connectivity index (χ3n) is 4.62. The highest BCUT2D eigenvalue weighted by Gasteiger charge is 2.35. The molecule has 0 spiro atoms. The molecule has 0 unspecified atom stereocenters. The molecular weight excluding hydrogens is 401 g/mol. The summed E-state index contributed by atoms with van der Waals surface area (Å²) in [4.78, 5) is 27.9. The lowest BCUT2D eigenvalue weighted by molar-refractivity contribution is -0.142. The summed E-state index contributed by atoms with van der Waals surface area (Å²) in [5, 5.41) is 3.77. The summed E-state index contributed by atoms with van der Waals surface area (Å²) < 4.78 is 44.0. The van der Waals surface area contributed by atoms with Crippen LogP contribution in [0.1, 0.15) is 27.7 Å². The zero-order chi connectivity index (χ0) is 22.2. The van der Waals surface area contributed by atoms with Crippen LogP contribution < -0.4 is 9.80 Å². The van der Waals surface area contributed by atoms with Gasteiger partial charge in [-0.25, -0.2) is 4.79 Å². The molecule has 0 aliphatic carbocycles. The van der Waals surface area contributed by atoms with Crippen molar-refractivity contribution >= 4 is 23.4 Å². The van der Waals surface area contributed by atoms with Gasteiger partial charge in [0.05, 0.1) is 29.7 Å². The fourth-order valence-corrected chi connectivity index (χ4v) is 3.51. The van der Waals surface area contributed by atoms with Crippen molar-refractivity contribution in [1.82, 2.24) is 9.78 Å². The third-order valence-corrected chi connectivity index (χ3v) is 4.62. The van der Waals surface area contributed by atoms with Gasteiger partial charge >= 0.3 is 12.3 Å². The largest absolute Gasteiger partial charge is 0.446 e. The van der Waals surface area contributed by atoms with Gasteiger partial charge in [0.15, 0.2) is 0 Å². The highest BCUT2D eigenvalue weighted by molar-refractivity contribution is 6.03. The lowest BCUT2D eigenvalue weighted by Crippen LogP contribution is -2.51. The summed E-state index contributed by atoms with van der Waals surface area (Å²) in [6.07, 6.45) is -2.63. The minimum atomic E-state index is -4.38. The number of fused-ring (bicyclic) bond motifs is 1. The van der Waals surface area contributed by atoms with Crippen LogP contribution in [-0.4, -0.2) is 46.6 Å². The van der Waals surface area contributed by atoms with Crippen molar-refractivity contribution in [3.63, 3.8) is 0 Å². The van der Waals surface area contributed by atoms with E-state index >= 15 is 0 Å². The Bertz CT molecular complexity index is 955. The molecule has 0 saturated carbocycles. The zero-order valence-electron chi connectivity index (χ0n) is 17.1. The van der Waals surface area contributed by atoms with E-state index in [9.17, 15) is 22.8 Å². The van der Waals surface area contributed by atoms with Crippen LogP contribution in [0, 0.1) is 0 Å². The number of alkyl halides is 3. The summed E-state index contributed by atoms with van der Waals surface area (Å²) in [5.41, 5.74) is 2.03. The van der Waals surface area contributed by atoms with Gasteiger partial charge in [0.1, 0.15) is 6.54 Å². The lowest BCUT2D eigenvalue weighted by atomic mass is 10.0. The Balaban J connectivity index is 2.02. The van der Waals surface area contributed by atoms with E-state index in [1.165, 1.54) is 24.2 Å². The normalized spacial score (nSPS) is 16.6. The Labute approximate surface area is 172 Å². The van der Waals surface area contributed by atoms with Crippen molar-refractivity contribution < 1.29 is 27.5 Å². The van der Waals surface area contributed by atoms with Crippen molar-refractivity contribution in [2.45, 2.75) is 52.6 Å². The molecule has 1 aromatic carbocycles. The molecule has 0 bridgehead atoms. The van der Waals surface area contributed by atoms with Crippen molar-refractivity contribution in [3.05, 3.63) is 30.6 Å². The molecule has 10 heteroatoms. The smallest absolute Gasteiger partial charge is 0.414 e. The number of nitrogens with zero attached hydrogens (tertiary/aromatic N) is 4. The molecule has 3 rings (SSSR count). The Hall–Kier alpha value is -3.04. The molecule has 0 fully saturated rings. The van der Waals surface area contributed by atoms with Crippen LogP contribution in [0.15, 0.2) is 30.6 Å². The minimum absolute atomic E-state index is 0.175. The molecule has 2 amide bonds. The van der Waals surface area contributed by atoms with E-state index in [1.807, 2.05) is 6.92 Å². The molecule has 1 aliphatic heterocycles. The fraction of sp³-hybridized carbons (Fsp3) is 0.450. The molecular formula is C20H23F3N4O3. The van der Waals surface area contributed by atoms with Gasteiger partial charge in [-0.3, -0.25) is 14.4 Å². The second-order valence-electron chi connectivity index (χ2n) is 7.53. The molecule has 1 aliphatic rings. The van der Waals surface area contributed by atoms with E-state index in [4.69, 9.17) is 4.74 Å². The quantitative estimate of drug-likeness (QED) is 0.740. The highest BCUT2D eigenvalue weighted by atomic mass is 19.4. The van der Waals surface area contributed by atoms with Gasteiger partial charge in [-0.05, 0) is 38.5 Å². The number of hydrogen-bond acceptors (Lipinski definition) is 4. The first-order valence-corrected chi connectivity index (χ1v) is 9.48. The maximum atomic E-state index is 12.7. The molecule has 0 N–H and O–H groups in total. The number of rotatable bonds is 3. The van der Waals surface area contributed by atoms with E-state index in [0.29, 0.717) is 22.5 Å². The first-order valence-electron chi connectivity index (χ1n) is 9.48. The molecule has 0 saturated heterocycles. The Morgan fingerprint density at radius 3 is 2.53 bits per heavy atom.